The molecule has 0 saturated heterocycles. The summed E-state index contributed by atoms with van der Waals surface area (Å²) in [6.07, 6.45) is 0. The first-order valence-corrected chi connectivity index (χ1v) is 4.86. The molecule has 5 nitrogen and oxygen atoms in total. The summed E-state index contributed by atoms with van der Waals surface area (Å²) in [6.45, 7) is 5.58. The number of Topliss-reactive ketones (excluding diaryl/α,β-unsaturated/α-hetero) is 2. The van der Waals surface area contributed by atoms with Gasteiger partial charge in [0.15, 0.2) is 23.1 Å². The zero-order valence-electron chi connectivity index (χ0n) is 9.71. The molecule has 1 rings (SSSR count). The Morgan fingerprint density at radius 3 is 1.94 bits per heavy atom. The fourth-order valence-electron chi connectivity index (χ4n) is 1.72. The number of hydrogen-bond acceptors (Lipinski definition) is 5. The molecule has 0 spiro atoms. The molecule has 1 aliphatic rings. The predicted molar refractivity (Wildman–Crippen MR) is 57.9 cm³/mol. The highest BCUT2D eigenvalue weighted by atomic mass is 16.3. The fraction of sp³-hybridized carbons (Fsp3) is 0.455. The molecular formula is C11H15NO4. The molecule has 0 unspecified atom stereocenters. The third-order valence-electron chi connectivity index (χ3n) is 2.93. The van der Waals surface area contributed by atoms with Crippen molar-refractivity contribution in [2.75, 3.05) is 0 Å². The highest BCUT2D eigenvalue weighted by Gasteiger charge is 2.49. The maximum Gasteiger partial charge on any atom is 0.216 e. The number of carbonyl (C=O) groups is 2. The predicted octanol–water partition coefficient (Wildman–Crippen LogP) is 1.13. The van der Waals surface area contributed by atoms with Gasteiger partial charge in [0.05, 0.1) is 0 Å². The zero-order valence-corrected chi connectivity index (χ0v) is 9.71. The molecule has 1 heterocycles. The number of dihydropyridines is 1. The molecule has 0 aliphatic carbocycles. The number of carbonyl (C=O) groups excluding carboxylic acids is 2. The smallest absolute Gasteiger partial charge is 0.216 e. The Kier molecular flexibility index (Phi) is 2.81. The van der Waals surface area contributed by atoms with Gasteiger partial charge in [-0.15, -0.1) is 0 Å². The Hall–Kier alpha value is -1.78. The molecule has 0 bridgehead atoms. The fourth-order valence-corrected chi connectivity index (χ4v) is 1.72. The van der Waals surface area contributed by atoms with Crippen LogP contribution in [0.2, 0.25) is 0 Å². The summed E-state index contributed by atoms with van der Waals surface area (Å²) in [6, 6.07) is 0. The molecule has 0 atom stereocenters. The van der Waals surface area contributed by atoms with Crippen LogP contribution in [-0.2, 0) is 9.59 Å². The van der Waals surface area contributed by atoms with Crippen molar-refractivity contribution in [3.05, 3.63) is 22.8 Å². The Labute approximate surface area is 93.5 Å². The quantitative estimate of drug-likeness (QED) is 0.613. The van der Waals surface area contributed by atoms with Crippen LogP contribution >= 0.6 is 0 Å². The maximum absolute atomic E-state index is 11.6. The SMILES string of the molecule is CC(=O)C1(C(C)=O)NC(C)=C(C)C(O)=C1O. The molecular weight excluding hydrogens is 210 g/mol. The molecule has 0 radical (unpaired) electrons. The summed E-state index contributed by atoms with van der Waals surface area (Å²) in [5, 5.41) is 22.2. The lowest BCUT2D eigenvalue weighted by atomic mass is 9.83. The van der Waals surface area contributed by atoms with Crippen molar-refractivity contribution < 1.29 is 19.8 Å². The number of allylic oxidation sites excluding steroid dienone is 2. The van der Waals surface area contributed by atoms with Gasteiger partial charge >= 0.3 is 0 Å². The minimum Gasteiger partial charge on any atom is -0.506 e. The van der Waals surface area contributed by atoms with Gasteiger partial charge in [0.2, 0.25) is 5.54 Å². The van der Waals surface area contributed by atoms with Crippen LogP contribution in [0, 0.1) is 0 Å². The van der Waals surface area contributed by atoms with Gasteiger partial charge < -0.3 is 15.5 Å². The Morgan fingerprint density at radius 1 is 1.12 bits per heavy atom. The van der Waals surface area contributed by atoms with Crippen molar-refractivity contribution in [2.45, 2.75) is 33.2 Å². The molecule has 0 aromatic heterocycles. The number of hydrogen-bond donors (Lipinski definition) is 3. The van der Waals surface area contributed by atoms with E-state index >= 15 is 0 Å². The molecule has 0 aromatic rings. The van der Waals surface area contributed by atoms with Gasteiger partial charge in [0.1, 0.15) is 0 Å². The van der Waals surface area contributed by atoms with Crippen molar-refractivity contribution in [2.24, 2.45) is 0 Å². The summed E-state index contributed by atoms with van der Waals surface area (Å²) >= 11 is 0. The average Bonchev–Trinajstić information content (AvgIpc) is 2.19. The second kappa shape index (κ2) is 3.66. The van der Waals surface area contributed by atoms with E-state index in [2.05, 4.69) is 5.32 Å². The zero-order chi connectivity index (χ0) is 12.7. The highest BCUT2D eigenvalue weighted by Crippen LogP contribution is 2.30. The minimum absolute atomic E-state index is 0.413. The van der Waals surface area contributed by atoms with Crippen LogP contribution < -0.4 is 5.32 Å². The molecule has 0 amide bonds. The van der Waals surface area contributed by atoms with Crippen LogP contribution in [0.25, 0.3) is 0 Å². The lowest BCUT2D eigenvalue weighted by Crippen LogP contribution is -2.59. The van der Waals surface area contributed by atoms with E-state index < -0.39 is 28.6 Å². The lowest BCUT2D eigenvalue weighted by molar-refractivity contribution is -0.133. The van der Waals surface area contributed by atoms with E-state index in [0.29, 0.717) is 11.3 Å². The number of aliphatic hydroxyl groups excluding tert-OH is 2. The van der Waals surface area contributed by atoms with Crippen molar-refractivity contribution in [3.8, 4) is 0 Å². The monoisotopic (exact) mass is 225 g/mol. The van der Waals surface area contributed by atoms with Crippen LogP contribution in [0.3, 0.4) is 0 Å². The average molecular weight is 225 g/mol. The minimum atomic E-state index is -1.84. The second-order valence-corrected chi connectivity index (χ2v) is 3.93. The van der Waals surface area contributed by atoms with Gasteiger partial charge in [-0.05, 0) is 27.7 Å². The summed E-state index contributed by atoms with van der Waals surface area (Å²) < 4.78 is 0. The molecule has 1 aliphatic heterocycles. The van der Waals surface area contributed by atoms with Gasteiger partial charge in [-0.3, -0.25) is 9.59 Å². The van der Waals surface area contributed by atoms with Crippen LogP contribution in [-0.4, -0.2) is 27.3 Å². The lowest BCUT2D eigenvalue weighted by Gasteiger charge is -2.34. The molecule has 16 heavy (non-hydrogen) atoms. The first kappa shape index (κ1) is 12.3. The summed E-state index contributed by atoms with van der Waals surface area (Å²) in [7, 11) is 0. The van der Waals surface area contributed by atoms with E-state index in [1.807, 2.05) is 0 Å². The van der Waals surface area contributed by atoms with E-state index in [9.17, 15) is 19.8 Å². The molecule has 3 N–H and O–H groups in total. The van der Waals surface area contributed by atoms with Crippen molar-refractivity contribution >= 4 is 11.6 Å². The van der Waals surface area contributed by atoms with Gasteiger partial charge in [-0.25, -0.2) is 0 Å². The van der Waals surface area contributed by atoms with E-state index in [1.165, 1.54) is 13.8 Å². The Balaban J connectivity index is 3.50. The molecule has 0 saturated carbocycles. The largest absolute Gasteiger partial charge is 0.506 e. The molecule has 5 heteroatoms. The number of rotatable bonds is 2. The van der Waals surface area contributed by atoms with Crippen LogP contribution in [0.4, 0.5) is 0 Å². The van der Waals surface area contributed by atoms with E-state index in [4.69, 9.17) is 0 Å². The first-order valence-electron chi connectivity index (χ1n) is 4.86. The highest BCUT2D eigenvalue weighted by molar-refractivity contribution is 6.13. The van der Waals surface area contributed by atoms with Crippen LogP contribution in [0.5, 0.6) is 0 Å². The van der Waals surface area contributed by atoms with Crippen molar-refractivity contribution in [1.29, 1.82) is 0 Å². The molecule has 88 valence electrons. The normalized spacial score (nSPS) is 19.5. The van der Waals surface area contributed by atoms with Crippen molar-refractivity contribution in [3.63, 3.8) is 0 Å². The van der Waals surface area contributed by atoms with Gasteiger partial charge in [0, 0.05) is 11.3 Å². The Bertz CT molecular complexity index is 417. The van der Waals surface area contributed by atoms with Crippen LogP contribution in [0.15, 0.2) is 22.8 Å². The van der Waals surface area contributed by atoms with Gasteiger partial charge in [-0.2, -0.15) is 0 Å². The number of aliphatic hydroxyl groups is 2. The van der Waals surface area contributed by atoms with E-state index in [1.54, 1.807) is 13.8 Å². The maximum atomic E-state index is 11.6. The van der Waals surface area contributed by atoms with Crippen molar-refractivity contribution in [1.82, 2.24) is 5.32 Å². The molecule has 0 fully saturated rings. The number of nitrogens with one attached hydrogen (secondary N) is 1. The summed E-state index contributed by atoms with van der Waals surface area (Å²) in [4.78, 5) is 23.1. The first-order chi connectivity index (χ1) is 7.25. The third-order valence-corrected chi connectivity index (χ3v) is 2.93. The number of ketones is 2. The van der Waals surface area contributed by atoms with Gasteiger partial charge in [-0.1, -0.05) is 0 Å². The summed E-state index contributed by atoms with van der Waals surface area (Å²) in [5.74, 6) is -2.16. The van der Waals surface area contributed by atoms with E-state index in [0.717, 1.165) is 0 Å². The third kappa shape index (κ3) is 1.39. The second-order valence-electron chi connectivity index (χ2n) is 3.93. The molecule has 0 aromatic carbocycles. The Morgan fingerprint density at radius 2 is 1.56 bits per heavy atom. The van der Waals surface area contributed by atoms with Gasteiger partial charge in [0.25, 0.3) is 0 Å². The standard InChI is InChI=1S/C11H15NO4/c1-5-6(2)12-11(7(3)13,8(4)14)10(16)9(5)15/h12,15-16H,1-4H3. The topological polar surface area (TPSA) is 86.6 Å². The van der Waals surface area contributed by atoms with E-state index in [-0.39, 0.29) is 0 Å². The summed E-state index contributed by atoms with van der Waals surface area (Å²) in [5.41, 5.74) is -0.940. The van der Waals surface area contributed by atoms with Crippen LogP contribution in [0.1, 0.15) is 27.7 Å².